The quantitative estimate of drug-likeness (QED) is 0.710. The monoisotopic (exact) mass is 204 g/mol. The average Bonchev–Trinajstić information content (AvgIpc) is 2.64. The molecule has 0 saturated carbocycles. The van der Waals surface area contributed by atoms with Crippen molar-refractivity contribution in [2.75, 3.05) is 12.3 Å². The fourth-order valence-corrected chi connectivity index (χ4v) is 2.08. The summed E-state index contributed by atoms with van der Waals surface area (Å²) >= 11 is 0. The van der Waals surface area contributed by atoms with Crippen LogP contribution >= 0.6 is 0 Å². The van der Waals surface area contributed by atoms with Gasteiger partial charge in [-0.25, -0.2) is 0 Å². The van der Waals surface area contributed by atoms with Gasteiger partial charge in [0.15, 0.2) is 0 Å². The van der Waals surface area contributed by atoms with Crippen molar-refractivity contribution in [3.63, 3.8) is 0 Å². The summed E-state index contributed by atoms with van der Waals surface area (Å²) in [7, 11) is 0. The second-order valence-electron chi connectivity index (χ2n) is 4.08. The number of benzene rings is 1. The number of hydrogen-bond acceptors (Lipinski definition) is 2. The van der Waals surface area contributed by atoms with Crippen molar-refractivity contribution >= 4 is 11.6 Å². The van der Waals surface area contributed by atoms with Crippen molar-refractivity contribution in [3.05, 3.63) is 29.8 Å². The van der Waals surface area contributed by atoms with Gasteiger partial charge in [0.05, 0.1) is 5.56 Å². The molecule has 1 unspecified atom stereocenters. The number of carbonyl (C=O) groups excluding carboxylic acids is 1. The zero-order valence-corrected chi connectivity index (χ0v) is 8.94. The Kier molecular flexibility index (Phi) is 2.62. The first kappa shape index (κ1) is 10.0. The molecule has 1 aliphatic rings. The molecule has 0 spiro atoms. The van der Waals surface area contributed by atoms with Crippen LogP contribution in [0, 0.1) is 0 Å². The molecule has 15 heavy (non-hydrogen) atoms. The van der Waals surface area contributed by atoms with E-state index in [9.17, 15) is 4.79 Å². The molecule has 2 N–H and O–H groups in total. The van der Waals surface area contributed by atoms with Crippen LogP contribution in [0.1, 0.15) is 30.1 Å². The molecule has 3 nitrogen and oxygen atoms in total. The van der Waals surface area contributed by atoms with E-state index >= 15 is 0 Å². The van der Waals surface area contributed by atoms with Crippen molar-refractivity contribution in [2.24, 2.45) is 0 Å². The number of likely N-dealkylation sites (tertiary alicyclic amines) is 1. The second-order valence-corrected chi connectivity index (χ2v) is 4.08. The number of rotatable bonds is 1. The number of nitrogens with zero attached hydrogens (tertiary/aromatic N) is 1. The maximum Gasteiger partial charge on any atom is 0.256 e. The van der Waals surface area contributed by atoms with Crippen molar-refractivity contribution in [3.8, 4) is 0 Å². The first-order valence-electron chi connectivity index (χ1n) is 5.35. The highest BCUT2D eigenvalue weighted by molar-refractivity contribution is 5.99. The summed E-state index contributed by atoms with van der Waals surface area (Å²) < 4.78 is 0. The summed E-state index contributed by atoms with van der Waals surface area (Å²) in [5.41, 5.74) is 6.99. The third kappa shape index (κ3) is 1.82. The minimum atomic E-state index is 0.0677. The lowest BCUT2D eigenvalue weighted by Crippen LogP contribution is -2.34. The summed E-state index contributed by atoms with van der Waals surface area (Å²) in [5, 5.41) is 0. The van der Waals surface area contributed by atoms with Crippen LogP contribution in [0.2, 0.25) is 0 Å². The van der Waals surface area contributed by atoms with Crippen LogP contribution in [0.25, 0.3) is 0 Å². The Labute approximate surface area is 89.9 Å². The van der Waals surface area contributed by atoms with E-state index in [1.807, 2.05) is 17.0 Å². The zero-order valence-electron chi connectivity index (χ0n) is 8.94. The predicted molar refractivity (Wildman–Crippen MR) is 60.6 cm³/mol. The minimum Gasteiger partial charge on any atom is -0.398 e. The molecule has 1 amide bonds. The summed E-state index contributed by atoms with van der Waals surface area (Å²) in [6.45, 7) is 2.94. The molecule has 0 aromatic heterocycles. The van der Waals surface area contributed by atoms with E-state index in [0.717, 1.165) is 19.4 Å². The van der Waals surface area contributed by atoms with Crippen LogP contribution in [0.15, 0.2) is 24.3 Å². The lowest BCUT2D eigenvalue weighted by Gasteiger charge is -2.22. The lowest BCUT2D eigenvalue weighted by atomic mass is 10.1. The van der Waals surface area contributed by atoms with E-state index in [1.165, 1.54) is 0 Å². The van der Waals surface area contributed by atoms with Gasteiger partial charge >= 0.3 is 0 Å². The standard InChI is InChI=1S/C12H16N2O/c1-9-5-4-8-14(9)12(15)10-6-2-3-7-11(10)13/h2-3,6-7,9H,4-5,8,13H2,1H3. The number of carbonyl (C=O) groups is 1. The maximum absolute atomic E-state index is 12.1. The molecule has 2 rings (SSSR count). The third-order valence-electron chi connectivity index (χ3n) is 3.01. The van der Waals surface area contributed by atoms with E-state index in [2.05, 4.69) is 6.92 Å². The highest BCUT2D eigenvalue weighted by Gasteiger charge is 2.26. The van der Waals surface area contributed by atoms with Gasteiger partial charge in [0, 0.05) is 18.3 Å². The summed E-state index contributed by atoms with van der Waals surface area (Å²) in [4.78, 5) is 14.0. The van der Waals surface area contributed by atoms with Crippen LogP contribution in [0.5, 0.6) is 0 Å². The predicted octanol–water partition coefficient (Wildman–Crippen LogP) is 1.89. The number of hydrogen-bond donors (Lipinski definition) is 1. The van der Waals surface area contributed by atoms with Crippen molar-refractivity contribution < 1.29 is 4.79 Å². The highest BCUT2D eigenvalue weighted by Crippen LogP contribution is 2.21. The Balaban J connectivity index is 2.24. The first-order valence-corrected chi connectivity index (χ1v) is 5.35. The number of nitrogens with two attached hydrogens (primary N) is 1. The summed E-state index contributed by atoms with van der Waals surface area (Å²) in [6.07, 6.45) is 2.19. The van der Waals surface area contributed by atoms with Crippen LogP contribution < -0.4 is 5.73 Å². The maximum atomic E-state index is 12.1. The molecule has 1 heterocycles. The Morgan fingerprint density at radius 1 is 1.47 bits per heavy atom. The average molecular weight is 204 g/mol. The Hall–Kier alpha value is -1.51. The molecule has 1 saturated heterocycles. The molecule has 1 fully saturated rings. The second kappa shape index (κ2) is 3.93. The number of para-hydroxylation sites is 1. The number of nitrogen functional groups attached to an aromatic ring is 1. The van der Waals surface area contributed by atoms with Gasteiger partial charge in [-0.2, -0.15) is 0 Å². The van der Waals surface area contributed by atoms with E-state index in [0.29, 0.717) is 17.3 Å². The van der Waals surface area contributed by atoms with Crippen LogP contribution in [-0.4, -0.2) is 23.4 Å². The van der Waals surface area contributed by atoms with Gasteiger partial charge in [-0.1, -0.05) is 12.1 Å². The smallest absolute Gasteiger partial charge is 0.256 e. The number of amides is 1. The number of anilines is 1. The van der Waals surface area contributed by atoms with Crippen LogP contribution in [-0.2, 0) is 0 Å². The van der Waals surface area contributed by atoms with Gasteiger partial charge in [-0.3, -0.25) is 4.79 Å². The minimum absolute atomic E-state index is 0.0677. The van der Waals surface area contributed by atoms with E-state index in [4.69, 9.17) is 5.73 Å². The largest absolute Gasteiger partial charge is 0.398 e. The molecule has 1 aliphatic heterocycles. The van der Waals surface area contributed by atoms with Crippen LogP contribution in [0.3, 0.4) is 0 Å². The summed E-state index contributed by atoms with van der Waals surface area (Å²) in [6, 6.07) is 7.61. The molecule has 80 valence electrons. The van der Waals surface area contributed by atoms with Gasteiger partial charge in [0.2, 0.25) is 0 Å². The zero-order chi connectivity index (χ0) is 10.8. The topological polar surface area (TPSA) is 46.3 Å². The summed E-state index contributed by atoms with van der Waals surface area (Å²) in [5.74, 6) is 0.0677. The fourth-order valence-electron chi connectivity index (χ4n) is 2.08. The lowest BCUT2D eigenvalue weighted by molar-refractivity contribution is 0.0748. The van der Waals surface area contributed by atoms with Gasteiger partial charge in [-0.15, -0.1) is 0 Å². The van der Waals surface area contributed by atoms with E-state index in [-0.39, 0.29) is 5.91 Å². The van der Waals surface area contributed by atoms with Gasteiger partial charge in [0.25, 0.3) is 5.91 Å². The van der Waals surface area contributed by atoms with E-state index in [1.54, 1.807) is 12.1 Å². The molecule has 1 aromatic rings. The first-order chi connectivity index (χ1) is 7.20. The molecule has 0 radical (unpaired) electrons. The van der Waals surface area contributed by atoms with Crippen LogP contribution in [0.4, 0.5) is 5.69 Å². The highest BCUT2D eigenvalue weighted by atomic mass is 16.2. The normalized spacial score (nSPS) is 20.6. The SMILES string of the molecule is CC1CCCN1C(=O)c1ccccc1N. The molecular formula is C12H16N2O. The Morgan fingerprint density at radius 3 is 2.80 bits per heavy atom. The third-order valence-corrected chi connectivity index (χ3v) is 3.01. The molecule has 3 heteroatoms. The Bertz CT molecular complexity index is 376. The molecule has 0 aliphatic carbocycles. The molecule has 0 bridgehead atoms. The van der Waals surface area contributed by atoms with Crippen molar-refractivity contribution in [1.29, 1.82) is 0 Å². The Morgan fingerprint density at radius 2 is 2.20 bits per heavy atom. The molecule has 1 atom stereocenters. The van der Waals surface area contributed by atoms with Gasteiger partial charge in [0.1, 0.15) is 0 Å². The van der Waals surface area contributed by atoms with E-state index < -0.39 is 0 Å². The van der Waals surface area contributed by atoms with Crippen molar-refractivity contribution in [2.45, 2.75) is 25.8 Å². The van der Waals surface area contributed by atoms with Gasteiger partial charge < -0.3 is 10.6 Å². The molecular weight excluding hydrogens is 188 g/mol. The van der Waals surface area contributed by atoms with Gasteiger partial charge in [-0.05, 0) is 31.9 Å². The van der Waals surface area contributed by atoms with Crippen molar-refractivity contribution in [1.82, 2.24) is 4.90 Å². The molecule has 1 aromatic carbocycles. The fraction of sp³-hybridized carbons (Fsp3) is 0.417.